The predicted molar refractivity (Wildman–Crippen MR) is 76.7 cm³/mol. The van der Waals surface area contributed by atoms with Crippen molar-refractivity contribution in [3.8, 4) is 0 Å². The SMILES string of the molecule is CCN[C@H](C)CNS(=O)(=O)c1cc(C)c(F)cc1F.Cl. The van der Waals surface area contributed by atoms with E-state index in [-0.39, 0.29) is 30.6 Å². The fourth-order valence-electron chi connectivity index (χ4n) is 1.57. The van der Waals surface area contributed by atoms with Crippen LogP contribution in [0.25, 0.3) is 0 Å². The zero-order valence-corrected chi connectivity index (χ0v) is 13.2. The lowest BCUT2D eigenvalue weighted by atomic mass is 10.2. The Morgan fingerprint density at radius 2 is 1.85 bits per heavy atom. The summed E-state index contributed by atoms with van der Waals surface area (Å²) in [5.41, 5.74) is 0.0847. The van der Waals surface area contributed by atoms with Crippen LogP contribution in [0.1, 0.15) is 19.4 Å². The van der Waals surface area contributed by atoms with Crippen molar-refractivity contribution in [1.82, 2.24) is 10.0 Å². The van der Waals surface area contributed by atoms with Gasteiger partial charge in [0.05, 0.1) is 0 Å². The highest BCUT2D eigenvalue weighted by Gasteiger charge is 2.21. The summed E-state index contributed by atoms with van der Waals surface area (Å²) in [7, 11) is -3.98. The highest BCUT2D eigenvalue weighted by molar-refractivity contribution is 7.89. The van der Waals surface area contributed by atoms with E-state index in [1.807, 2.05) is 6.92 Å². The van der Waals surface area contributed by atoms with Crippen LogP contribution in [-0.4, -0.2) is 27.5 Å². The van der Waals surface area contributed by atoms with E-state index in [1.54, 1.807) is 6.92 Å². The summed E-state index contributed by atoms with van der Waals surface area (Å²) in [5.74, 6) is -1.86. The molecule has 8 heteroatoms. The summed E-state index contributed by atoms with van der Waals surface area (Å²) >= 11 is 0. The average molecular weight is 329 g/mol. The van der Waals surface area contributed by atoms with E-state index < -0.39 is 26.6 Å². The average Bonchev–Trinajstić information content (AvgIpc) is 2.31. The zero-order chi connectivity index (χ0) is 14.6. The molecule has 0 aliphatic carbocycles. The van der Waals surface area contributed by atoms with E-state index in [9.17, 15) is 17.2 Å². The lowest BCUT2D eigenvalue weighted by molar-refractivity contribution is 0.523. The Morgan fingerprint density at radius 1 is 1.25 bits per heavy atom. The second-order valence-corrected chi connectivity index (χ2v) is 6.08. The van der Waals surface area contributed by atoms with Crippen molar-refractivity contribution >= 4 is 22.4 Å². The summed E-state index contributed by atoms with van der Waals surface area (Å²) in [6.07, 6.45) is 0. The number of likely N-dealkylation sites (N-methyl/N-ethyl adjacent to an activating group) is 1. The molecule has 0 aliphatic rings. The minimum absolute atomic E-state index is 0. The van der Waals surface area contributed by atoms with Gasteiger partial charge in [-0.2, -0.15) is 0 Å². The number of nitrogens with one attached hydrogen (secondary N) is 2. The summed E-state index contributed by atoms with van der Waals surface area (Å²) in [5, 5.41) is 3.02. The molecule has 0 saturated heterocycles. The molecule has 0 fully saturated rings. The Hall–Kier alpha value is -0.760. The first kappa shape index (κ1) is 19.2. The number of sulfonamides is 1. The fourth-order valence-corrected chi connectivity index (χ4v) is 2.84. The van der Waals surface area contributed by atoms with Gasteiger partial charge in [0.25, 0.3) is 0 Å². The van der Waals surface area contributed by atoms with Crippen LogP contribution >= 0.6 is 12.4 Å². The van der Waals surface area contributed by atoms with Crippen molar-refractivity contribution in [2.75, 3.05) is 13.1 Å². The summed E-state index contributed by atoms with van der Waals surface area (Å²) in [6.45, 7) is 5.92. The van der Waals surface area contributed by atoms with Gasteiger partial charge >= 0.3 is 0 Å². The van der Waals surface area contributed by atoms with Crippen LogP contribution in [0.15, 0.2) is 17.0 Å². The van der Waals surface area contributed by atoms with Crippen molar-refractivity contribution in [3.63, 3.8) is 0 Å². The van der Waals surface area contributed by atoms with Crippen LogP contribution in [0.2, 0.25) is 0 Å². The second kappa shape index (κ2) is 7.87. The van der Waals surface area contributed by atoms with E-state index in [0.717, 1.165) is 6.07 Å². The first-order chi connectivity index (χ1) is 8.77. The molecule has 0 bridgehead atoms. The van der Waals surface area contributed by atoms with Crippen LogP contribution in [-0.2, 0) is 10.0 Å². The number of aryl methyl sites for hydroxylation is 1. The monoisotopic (exact) mass is 328 g/mol. The van der Waals surface area contributed by atoms with Gasteiger partial charge in [0.15, 0.2) is 0 Å². The van der Waals surface area contributed by atoms with Gasteiger partial charge in [-0.05, 0) is 32.0 Å². The molecule has 1 aromatic rings. The van der Waals surface area contributed by atoms with Gasteiger partial charge in [-0.25, -0.2) is 21.9 Å². The third kappa shape index (κ3) is 4.97. The van der Waals surface area contributed by atoms with E-state index in [0.29, 0.717) is 12.6 Å². The van der Waals surface area contributed by atoms with Gasteiger partial charge in [-0.1, -0.05) is 6.92 Å². The Balaban J connectivity index is 0.00000361. The fraction of sp³-hybridized carbons (Fsp3) is 0.500. The van der Waals surface area contributed by atoms with Crippen LogP contribution in [0.4, 0.5) is 8.78 Å². The normalized spacial score (nSPS) is 12.8. The molecule has 116 valence electrons. The van der Waals surface area contributed by atoms with Crippen molar-refractivity contribution in [2.24, 2.45) is 0 Å². The molecule has 2 N–H and O–H groups in total. The molecule has 0 amide bonds. The third-order valence-corrected chi connectivity index (χ3v) is 4.07. The maximum atomic E-state index is 13.5. The Kier molecular flexibility index (Phi) is 7.57. The molecule has 1 atom stereocenters. The second-order valence-electron chi connectivity index (χ2n) is 4.34. The Morgan fingerprint density at radius 3 is 2.40 bits per heavy atom. The van der Waals surface area contributed by atoms with Gasteiger partial charge in [0, 0.05) is 18.7 Å². The van der Waals surface area contributed by atoms with Gasteiger partial charge < -0.3 is 5.32 Å². The lowest BCUT2D eigenvalue weighted by Crippen LogP contribution is -2.39. The molecule has 1 aromatic carbocycles. The van der Waals surface area contributed by atoms with Gasteiger partial charge in [0.2, 0.25) is 10.0 Å². The molecular formula is C12H19ClF2N2O2S. The van der Waals surface area contributed by atoms with Gasteiger partial charge in [-0.3, -0.25) is 0 Å². The maximum Gasteiger partial charge on any atom is 0.243 e. The van der Waals surface area contributed by atoms with Crippen molar-refractivity contribution in [1.29, 1.82) is 0 Å². The van der Waals surface area contributed by atoms with E-state index in [4.69, 9.17) is 0 Å². The van der Waals surface area contributed by atoms with Gasteiger partial charge in [0.1, 0.15) is 16.5 Å². The van der Waals surface area contributed by atoms with Gasteiger partial charge in [-0.15, -0.1) is 12.4 Å². The summed E-state index contributed by atoms with van der Waals surface area (Å²) in [4.78, 5) is -0.532. The van der Waals surface area contributed by atoms with Crippen molar-refractivity contribution in [2.45, 2.75) is 31.7 Å². The topological polar surface area (TPSA) is 58.2 Å². The largest absolute Gasteiger partial charge is 0.313 e. The zero-order valence-electron chi connectivity index (χ0n) is 11.5. The minimum Gasteiger partial charge on any atom is -0.313 e. The molecule has 0 heterocycles. The minimum atomic E-state index is -3.98. The quantitative estimate of drug-likeness (QED) is 0.839. The van der Waals surface area contributed by atoms with E-state index in [1.165, 1.54) is 6.92 Å². The molecule has 20 heavy (non-hydrogen) atoms. The standard InChI is InChI=1S/C12H18F2N2O2S.ClH/c1-4-15-9(3)7-16-19(17,18)12-5-8(2)10(13)6-11(12)14;/h5-6,9,15-16H,4,7H2,1-3H3;1H/t9-;/m1./s1. The molecular weight excluding hydrogens is 310 g/mol. The van der Waals surface area contributed by atoms with Crippen molar-refractivity contribution in [3.05, 3.63) is 29.3 Å². The molecule has 0 aliphatic heterocycles. The highest BCUT2D eigenvalue weighted by atomic mass is 35.5. The molecule has 0 unspecified atom stereocenters. The number of benzene rings is 1. The predicted octanol–water partition coefficient (Wildman–Crippen LogP) is 1.97. The molecule has 0 spiro atoms. The molecule has 0 saturated carbocycles. The van der Waals surface area contributed by atoms with Crippen LogP contribution in [0.5, 0.6) is 0 Å². The molecule has 0 aromatic heterocycles. The summed E-state index contributed by atoms with van der Waals surface area (Å²) in [6, 6.07) is 1.49. The van der Waals surface area contributed by atoms with Crippen LogP contribution in [0, 0.1) is 18.6 Å². The smallest absolute Gasteiger partial charge is 0.243 e. The first-order valence-corrected chi connectivity index (χ1v) is 7.45. The number of hydrogen-bond acceptors (Lipinski definition) is 3. The Bertz CT molecular complexity index is 553. The van der Waals surface area contributed by atoms with Crippen LogP contribution < -0.4 is 10.0 Å². The number of hydrogen-bond donors (Lipinski definition) is 2. The molecule has 1 rings (SSSR count). The first-order valence-electron chi connectivity index (χ1n) is 5.96. The van der Waals surface area contributed by atoms with Crippen molar-refractivity contribution < 1.29 is 17.2 Å². The lowest BCUT2D eigenvalue weighted by Gasteiger charge is -2.14. The summed E-state index contributed by atoms with van der Waals surface area (Å²) < 4.78 is 52.8. The third-order valence-electron chi connectivity index (χ3n) is 2.63. The maximum absolute atomic E-state index is 13.5. The number of halogens is 3. The van der Waals surface area contributed by atoms with Crippen LogP contribution in [0.3, 0.4) is 0 Å². The Labute approximate surface area is 124 Å². The molecule has 0 radical (unpaired) electrons. The van der Waals surface area contributed by atoms with E-state index in [2.05, 4.69) is 10.0 Å². The van der Waals surface area contributed by atoms with E-state index >= 15 is 0 Å². The molecule has 4 nitrogen and oxygen atoms in total. The number of rotatable bonds is 6. The highest BCUT2D eigenvalue weighted by Crippen LogP contribution is 2.18.